The fourth-order valence-electron chi connectivity index (χ4n) is 2.77. The third-order valence-corrected chi connectivity index (χ3v) is 5.30. The molecule has 0 aliphatic carbocycles. The Morgan fingerprint density at radius 3 is 2.60 bits per heavy atom. The highest BCUT2D eigenvalue weighted by molar-refractivity contribution is 7.22. The normalized spacial score (nSPS) is 11.1. The van der Waals surface area contributed by atoms with Crippen molar-refractivity contribution < 1.29 is 18.7 Å². The number of rotatable bonds is 5. The number of esters is 1. The number of anilines is 1. The van der Waals surface area contributed by atoms with Crippen LogP contribution in [0.3, 0.4) is 0 Å². The number of thiazole rings is 1. The van der Waals surface area contributed by atoms with Gasteiger partial charge in [-0.25, -0.2) is 9.78 Å². The van der Waals surface area contributed by atoms with Crippen molar-refractivity contribution in [1.82, 2.24) is 4.98 Å². The third kappa shape index (κ3) is 3.99. The summed E-state index contributed by atoms with van der Waals surface area (Å²) in [5.41, 5.74) is 2.60. The second kappa shape index (κ2) is 8.30. The number of hydrazone groups is 1. The lowest BCUT2D eigenvalue weighted by Gasteiger charge is -2.13. The highest BCUT2D eigenvalue weighted by Crippen LogP contribution is 2.30. The molecule has 0 fully saturated rings. The van der Waals surface area contributed by atoms with E-state index >= 15 is 0 Å². The molecule has 0 atom stereocenters. The minimum Gasteiger partial charge on any atom is -0.465 e. The van der Waals surface area contributed by atoms with Gasteiger partial charge in [-0.05, 0) is 61.0 Å². The first kappa shape index (κ1) is 19.5. The molecule has 2 aromatic carbocycles. The van der Waals surface area contributed by atoms with Gasteiger partial charge in [-0.3, -0.25) is 4.79 Å². The van der Waals surface area contributed by atoms with Crippen molar-refractivity contribution in [3.63, 3.8) is 0 Å². The van der Waals surface area contributed by atoms with Gasteiger partial charge in [0.1, 0.15) is 5.76 Å². The Morgan fingerprint density at radius 1 is 1.13 bits per heavy atom. The molecule has 8 heteroatoms. The first-order valence-corrected chi connectivity index (χ1v) is 9.84. The quantitative estimate of drug-likeness (QED) is 0.267. The van der Waals surface area contributed by atoms with Gasteiger partial charge in [-0.1, -0.05) is 17.4 Å². The summed E-state index contributed by atoms with van der Waals surface area (Å²) < 4.78 is 10.9. The van der Waals surface area contributed by atoms with Crippen LogP contribution in [0.2, 0.25) is 0 Å². The number of methoxy groups -OCH3 is 1. The van der Waals surface area contributed by atoms with Gasteiger partial charge in [0, 0.05) is 5.56 Å². The lowest BCUT2D eigenvalue weighted by molar-refractivity contribution is 0.0600. The van der Waals surface area contributed by atoms with Gasteiger partial charge in [0.2, 0.25) is 5.13 Å². The molecule has 0 N–H and O–H groups in total. The number of amides is 1. The standard InChI is InChI=1S/C22H17N3O4S/c1-14-5-10-18-19(12-14)30-22(24-18)25(23-13-17-4-3-11-29-17)20(26)15-6-8-16(9-7-15)21(27)28-2/h3-13H,1-2H3/b23-13+. The predicted molar refractivity (Wildman–Crippen MR) is 115 cm³/mol. The van der Waals surface area contributed by atoms with Crippen LogP contribution in [0.1, 0.15) is 32.0 Å². The smallest absolute Gasteiger partial charge is 0.337 e. The fraction of sp³-hybridized carbons (Fsp3) is 0.0909. The maximum atomic E-state index is 13.2. The molecule has 0 spiro atoms. The van der Waals surface area contributed by atoms with Crippen LogP contribution < -0.4 is 5.01 Å². The average Bonchev–Trinajstić information content (AvgIpc) is 3.43. The van der Waals surface area contributed by atoms with E-state index in [2.05, 4.69) is 10.1 Å². The molecule has 1 amide bonds. The molecule has 0 saturated carbocycles. The molecule has 0 saturated heterocycles. The van der Waals surface area contributed by atoms with E-state index in [1.54, 1.807) is 24.3 Å². The first-order chi connectivity index (χ1) is 14.5. The van der Waals surface area contributed by atoms with Gasteiger partial charge in [0.25, 0.3) is 5.91 Å². The molecule has 2 aromatic heterocycles. The van der Waals surface area contributed by atoms with Crippen molar-refractivity contribution in [2.75, 3.05) is 12.1 Å². The molecule has 0 bridgehead atoms. The van der Waals surface area contributed by atoms with Gasteiger partial charge in [-0.2, -0.15) is 10.1 Å². The van der Waals surface area contributed by atoms with Crippen molar-refractivity contribution in [1.29, 1.82) is 0 Å². The fourth-order valence-corrected chi connectivity index (χ4v) is 3.79. The summed E-state index contributed by atoms with van der Waals surface area (Å²) >= 11 is 1.37. The van der Waals surface area contributed by atoms with Gasteiger partial charge >= 0.3 is 5.97 Å². The Balaban J connectivity index is 1.72. The van der Waals surface area contributed by atoms with Crippen molar-refractivity contribution in [2.45, 2.75) is 6.92 Å². The maximum absolute atomic E-state index is 13.2. The second-order valence-electron chi connectivity index (χ2n) is 6.41. The number of ether oxygens (including phenoxy) is 1. The number of fused-ring (bicyclic) bond motifs is 1. The topological polar surface area (TPSA) is 85.0 Å². The predicted octanol–water partition coefficient (Wildman–Crippen LogP) is 4.67. The van der Waals surface area contributed by atoms with Crippen LogP contribution in [0.25, 0.3) is 10.2 Å². The van der Waals surface area contributed by atoms with E-state index in [-0.39, 0.29) is 5.91 Å². The summed E-state index contributed by atoms with van der Waals surface area (Å²) in [5, 5.41) is 5.99. The number of benzene rings is 2. The van der Waals surface area contributed by atoms with Crippen LogP contribution in [0.5, 0.6) is 0 Å². The summed E-state index contributed by atoms with van der Waals surface area (Å²) in [5.74, 6) is -0.348. The number of aryl methyl sites for hydroxylation is 1. The highest BCUT2D eigenvalue weighted by atomic mass is 32.1. The SMILES string of the molecule is COC(=O)c1ccc(C(=O)N(/N=C/c2ccco2)c2nc3ccc(C)cc3s2)cc1. The number of carbonyl (C=O) groups is 2. The Hall–Kier alpha value is -3.78. The largest absolute Gasteiger partial charge is 0.465 e. The zero-order valence-corrected chi connectivity index (χ0v) is 17.1. The van der Waals surface area contributed by atoms with Gasteiger partial charge < -0.3 is 9.15 Å². The molecular weight excluding hydrogens is 402 g/mol. The van der Waals surface area contributed by atoms with E-state index in [0.717, 1.165) is 15.8 Å². The van der Waals surface area contributed by atoms with Crippen LogP contribution in [-0.2, 0) is 4.74 Å². The van der Waals surface area contributed by atoms with Crippen molar-refractivity contribution in [3.8, 4) is 0 Å². The number of nitrogens with zero attached hydrogens (tertiary/aromatic N) is 3. The number of aromatic nitrogens is 1. The van der Waals surface area contributed by atoms with E-state index in [1.165, 1.54) is 48.1 Å². The summed E-state index contributed by atoms with van der Waals surface area (Å²) in [6, 6.07) is 15.6. The van der Waals surface area contributed by atoms with Crippen LogP contribution >= 0.6 is 11.3 Å². The van der Waals surface area contributed by atoms with Crippen LogP contribution in [0.4, 0.5) is 5.13 Å². The van der Waals surface area contributed by atoms with Gasteiger partial charge in [0.05, 0.1) is 35.4 Å². The summed E-state index contributed by atoms with van der Waals surface area (Å²) in [6.07, 6.45) is 2.98. The van der Waals surface area contributed by atoms with E-state index in [9.17, 15) is 9.59 Å². The number of carbonyl (C=O) groups excluding carboxylic acids is 2. The minimum atomic E-state index is -0.469. The molecule has 0 aliphatic rings. The summed E-state index contributed by atoms with van der Waals surface area (Å²) in [4.78, 5) is 29.4. The second-order valence-corrected chi connectivity index (χ2v) is 7.42. The zero-order valence-electron chi connectivity index (χ0n) is 16.2. The third-order valence-electron chi connectivity index (χ3n) is 4.30. The van der Waals surface area contributed by atoms with Crippen LogP contribution in [-0.4, -0.2) is 30.2 Å². The summed E-state index contributed by atoms with van der Waals surface area (Å²) in [6.45, 7) is 2.00. The van der Waals surface area contributed by atoms with Gasteiger partial charge in [0.15, 0.2) is 0 Å². The van der Waals surface area contributed by atoms with E-state index < -0.39 is 5.97 Å². The molecule has 150 valence electrons. The van der Waals surface area contributed by atoms with Crippen molar-refractivity contribution >= 4 is 44.8 Å². The van der Waals surface area contributed by atoms with Crippen molar-refractivity contribution in [2.24, 2.45) is 5.10 Å². The van der Waals surface area contributed by atoms with E-state index in [0.29, 0.717) is 22.0 Å². The number of furan rings is 1. The van der Waals surface area contributed by atoms with Crippen molar-refractivity contribution in [3.05, 3.63) is 83.3 Å². The zero-order chi connectivity index (χ0) is 21.1. The molecule has 4 aromatic rings. The molecule has 30 heavy (non-hydrogen) atoms. The minimum absolute atomic E-state index is 0.356. The molecule has 0 aliphatic heterocycles. The Labute approximate surface area is 176 Å². The van der Waals surface area contributed by atoms with E-state index in [1.807, 2.05) is 25.1 Å². The Bertz CT molecular complexity index is 1230. The number of hydrogen-bond donors (Lipinski definition) is 0. The molecular formula is C22H17N3O4S. The highest BCUT2D eigenvalue weighted by Gasteiger charge is 2.21. The van der Waals surface area contributed by atoms with E-state index in [4.69, 9.17) is 9.15 Å². The lowest BCUT2D eigenvalue weighted by Crippen LogP contribution is -2.25. The van der Waals surface area contributed by atoms with Gasteiger partial charge in [-0.15, -0.1) is 0 Å². The average molecular weight is 419 g/mol. The molecule has 2 heterocycles. The summed E-state index contributed by atoms with van der Waals surface area (Å²) in [7, 11) is 1.31. The molecule has 0 radical (unpaired) electrons. The molecule has 0 unspecified atom stereocenters. The Morgan fingerprint density at radius 2 is 1.90 bits per heavy atom. The number of hydrogen-bond acceptors (Lipinski definition) is 7. The molecule has 4 rings (SSSR count). The monoisotopic (exact) mass is 419 g/mol. The maximum Gasteiger partial charge on any atom is 0.337 e. The Kier molecular flexibility index (Phi) is 5.40. The van der Waals surface area contributed by atoms with Crippen LogP contribution in [0.15, 0.2) is 70.4 Å². The van der Waals surface area contributed by atoms with Crippen LogP contribution in [0, 0.1) is 6.92 Å². The first-order valence-electron chi connectivity index (χ1n) is 9.02. The lowest BCUT2D eigenvalue weighted by atomic mass is 10.1. The molecule has 7 nitrogen and oxygen atoms in total.